The number of fused-ring (bicyclic) bond motifs is 1. The van der Waals surface area contributed by atoms with E-state index in [1.807, 2.05) is 62.4 Å². The molecule has 9 heteroatoms. The minimum Gasteiger partial charge on any atom is -0.477 e. The van der Waals surface area contributed by atoms with Crippen LogP contribution in [0.5, 0.6) is 0 Å². The van der Waals surface area contributed by atoms with Crippen molar-refractivity contribution in [1.82, 2.24) is 10.2 Å². The van der Waals surface area contributed by atoms with Crippen LogP contribution in [0.25, 0.3) is 10.1 Å². The summed E-state index contributed by atoms with van der Waals surface area (Å²) in [6.07, 6.45) is 0.806. The van der Waals surface area contributed by atoms with Gasteiger partial charge in [-0.05, 0) is 48.6 Å². The Kier molecular flexibility index (Phi) is 8.34. The smallest absolute Gasteiger partial charge is 0.345 e. The maximum Gasteiger partial charge on any atom is 0.345 e. The van der Waals surface area contributed by atoms with Crippen LogP contribution in [0.15, 0.2) is 54.6 Å². The lowest BCUT2D eigenvalue weighted by molar-refractivity contribution is -0.110. The SMILES string of the molecule is CC(C)OC[C@@H](C=O)NP(=O)(Cc1ccc2sc(C(=O)O)cc2c1)NCc1ccccc1. The molecule has 170 valence electrons. The highest BCUT2D eigenvalue weighted by atomic mass is 32.1. The van der Waals surface area contributed by atoms with Gasteiger partial charge in [0, 0.05) is 11.2 Å². The first-order chi connectivity index (χ1) is 15.3. The molecule has 0 aliphatic rings. The molecular weight excluding hydrogens is 447 g/mol. The van der Waals surface area contributed by atoms with Gasteiger partial charge >= 0.3 is 5.97 Å². The Morgan fingerprint density at radius 3 is 2.56 bits per heavy atom. The average Bonchev–Trinajstić information content (AvgIpc) is 3.20. The summed E-state index contributed by atoms with van der Waals surface area (Å²) in [5, 5.41) is 16.1. The fourth-order valence-corrected chi connectivity index (χ4v) is 6.18. The van der Waals surface area contributed by atoms with Crippen molar-refractivity contribution in [3.8, 4) is 0 Å². The molecule has 7 nitrogen and oxygen atoms in total. The quantitative estimate of drug-likeness (QED) is 0.259. The van der Waals surface area contributed by atoms with Gasteiger partial charge in [-0.25, -0.2) is 9.88 Å². The first-order valence-corrected chi connectivity index (χ1v) is 13.0. The molecule has 0 aliphatic heterocycles. The van der Waals surface area contributed by atoms with Crippen LogP contribution < -0.4 is 10.2 Å². The summed E-state index contributed by atoms with van der Waals surface area (Å²) in [7, 11) is -3.25. The molecule has 0 amide bonds. The second kappa shape index (κ2) is 11.0. The number of hydrogen-bond donors (Lipinski definition) is 3. The number of rotatable bonds is 12. The first kappa shape index (κ1) is 24.3. The van der Waals surface area contributed by atoms with Crippen molar-refractivity contribution in [2.45, 2.75) is 38.7 Å². The molecule has 2 aromatic carbocycles. The Labute approximate surface area is 191 Å². The molecule has 0 bridgehead atoms. The number of carboxylic acids is 1. The predicted molar refractivity (Wildman–Crippen MR) is 127 cm³/mol. The minimum absolute atomic E-state index is 0.0552. The van der Waals surface area contributed by atoms with Gasteiger partial charge in [0.05, 0.1) is 24.9 Å². The van der Waals surface area contributed by atoms with E-state index < -0.39 is 19.5 Å². The van der Waals surface area contributed by atoms with Crippen molar-refractivity contribution in [3.05, 3.63) is 70.6 Å². The normalized spacial score (nSPS) is 14.3. The predicted octanol–water partition coefficient (Wildman–Crippen LogP) is 4.66. The van der Waals surface area contributed by atoms with E-state index in [1.54, 1.807) is 6.07 Å². The number of nitrogens with one attached hydrogen (secondary N) is 2. The summed E-state index contributed by atoms with van der Waals surface area (Å²) in [5.41, 5.74) is 1.74. The lowest BCUT2D eigenvalue weighted by atomic mass is 10.2. The van der Waals surface area contributed by atoms with Crippen LogP contribution in [0.1, 0.15) is 34.6 Å². The van der Waals surface area contributed by atoms with Crippen LogP contribution >= 0.6 is 18.8 Å². The second-order valence-electron chi connectivity index (χ2n) is 7.76. The minimum atomic E-state index is -3.25. The zero-order chi connectivity index (χ0) is 23.1. The number of aromatic carboxylic acids is 1. The van der Waals surface area contributed by atoms with Gasteiger partial charge in [0.25, 0.3) is 0 Å². The topological polar surface area (TPSA) is 105 Å². The van der Waals surface area contributed by atoms with Crippen LogP contribution in [0.2, 0.25) is 0 Å². The zero-order valence-corrected chi connectivity index (χ0v) is 19.7. The van der Waals surface area contributed by atoms with E-state index in [-0.39, 0.29) is 23.7 Å². The molecular formula is C23H27N2O5PS. The molecule has 3 aromatic rings. The van der Waals surface area contributed by atoms with Gasteiger partial charge in [0.1, 0.15) is 11.2 Å². The maximum atomic E-state index is 13.9. The first-order valence-electron chi connectivity index (χ1n) is 10.3. The third-order valence-corrected chi connectivity index (χ3v) is 8.06. The van der Waals surface area contributed by atoms with Gasteiger partial charge < -0.3 is 14.6 Å². The number of benzene rings is 2. The van der Waals surface area contributed by atoms with Crippen LogP contribution in [0.4, 0.5) is 0 Å². The number of ether oxygens (including phenoxy) is 1. The number of carbonyl (C=O) groups is 2. The van der Waals surface area contributed by atoms with Crippen LogP contribution in [0.3, 0.4) is 0 Å². The Morgan fingerprint density at radius 1 is 1.16 bits per heavy atom. The van der Waals surface area contributed by atoms with Gasteiger partial charge in [-0.15, -0.1) is 11.3 Å². The van der Waals surface area contributed by atoms with Crippen LogP contribution in [-0.4, -0.2) is 36.1 Å². The van der Waals surface area contributed by atoms with Crippen molar-refractivity contribution in [1.29, 1.82) is 0 Å². The highest BCUT2D eigenvalue weighted by Crippen LogP contribution is 2.42. The summed E-state index contributed by atoms with van der Waals surface area (Å²) in [6.45, 7) is 4.22. The van der Waals surface area contributed by atoms with Crippen molar-refractivity contribution < 1.29 is 24.0 Å². The number of hydrogen-bond acceptors (Lipinski definition) is 5. The fraction of sp³-hybridized carbons (Fsp3) is 0.304. The van der Waals surface area contributed by atoms with E-state index in [2.05, 4.69) is 10.2 Å². The van der Waals surface area contributed by atoms with E-state index in [1.165, 1.54) is 11.3 Å². The van der Waals surface area contributed by atoms with Crippen molar-refractivity contribution >= 4 is 41.1 Å². The molecule has 0 saturated heterocycles. The summed E-state index contributed by atoms with van der Waals surface area (Å²) in [6, 6.07) is 16.0. The average molecular weight is 475 g/mol. The van der Waals surface area contributed by atoms with Gasteiger partial charge in [-0.1, -0.05) is 36.4 Å². The van der Waals surface area contributed by atoms with Gasteiger partial charge in [-0.3, -0.25) is 9.65 Å². The molecule has 0 spiro atoms. The standard InChI is InChI=1S/C23H27N2O5PS/c1-16(2)30-14-20(13-26)25-31(29,24-12-17-6-4-3-5-7-17)15-18-8-9-21-19(10-18)11-22(32-21)23(27)28/h3-11,13,16,20H,12,14-15H2,1-2H3,(H,27,28)(H2,24,25,29)/t20-,31?/m1/s1. The molecule has 3 rings (SSSR count). The lowest BCUT2D eigenvalue weighted by Crippen LogP contribution is -2.37. The molecule has 32 heavy (non-hydrogen) atoms. The monoisotopic (exact) mass is 474 g/mol. The summed E-state index contributed by atoms with van der Waals surface area (Å²) in [5.74, 6) is -0.969. The number of aldehydes is 1. The molecule has 1 heterocycles. The molecule has 1 aromatic heterocycles. The van der Waals surface area contributed by atoms with E-state index in [0.29, 0.717) is 12.8 Å². The zero-order valence-electron chi connectivity index (χ0n) is 18.0. The summed E-state index contributed by atoms with van der Waals surface area (Å²) in [4.78, 5) is 23.1. The Morgan fingerprint density at radius 2 is 1.91 bits per heavy atom. The van der Waals surface area contributed by atoms with E-state index in [9.17, 15) is 19.3 Å². The largest absolute Gasteiger partial charge is 0.477 e. The molecule has 3 N–H and O–H groups in total. The Bertz CT molecular complexity index is 1120. The molecule has 0 radical (unpaired) electrons. The highest BCUT2D eigenvalue weighted by molar-refractivity contribution is 7.59. The van der Waals surface area contributed by atoms with E-state index in [4.69, 9.17) is 4.74 Å². The summed E-state index contributed by atoms with van der Waals surface area (Å²) < 4.78 is 20.3. The Balaban J connectivity index is 1.83. The third-order valence-electron chi connectivity index (χ3n) is 4.73. The van der Waals surface area contributed by atoms with E-state index in [0.717, 1.165) is 21.2 Å². The summed E-state index contributed by atoms with van der Waals surface area (Å²) >= 11 is 1.20. The molecule has 0 fully saturated rings. The lowest BCUT2D eigenvalue weighted by Gasteiger charge is -2.25. The third kappa shape index (κ3) is 6.82. The molecule has 0 aliphatic carbocycles. The van der Waals surface area contributed by atoms with Crippen molar-refractivity contribution in [3.63, 3.8) is 0 Å². The maximum absolute atomic E-state index is 13.9. The number of thiophene rings is 1. The van der Waals surface area contributed by atoms with Gasteiger partial charge in [0.15, 0.2) is 0 Å². The highest BCUT2D eigenvalue weighted by Gasteiger charge is 2.26. The van der Waals surface area contributed by atoms with E-state index >= 15 is 0 Å². The number of carboxylic acid groups (broad SMARTS) is 1. The molecule has 2 atom stereocenters. The van der Waals surface area contributed by atoms with Gasteiger partial charge in [0.2, 0.25) is 7.44 Å². The molecule has 1 unspecified atom stereocenters. The molecule has 0 saturated carbocycles. The Hall–Kier alpha value is -2.35. The van der Waals surface area contributed by atoms with Crippen LogP contribution in [-0.2, 0) is 26.8 Å². The van der Waals surface area contributed by atoms with Crippen molar-refractivity contribution in [2.75, 3.05) is 6.61 Å². The fourth-order valence-electron chi connectivity index (χ4n) is 3.19. The number of carbonyl (C=O) groups excluding carboxylic acids is 1. The van der Waals surface area contributed by atoms with Crippen molar-refractivity contribution in [2.24, 2.45) is 0 Å². The van der Waals surface area contributed by atoms with Gasteiger partial charge in [-0.2, -0.15) is 0 Å². The van der Waals surface area contributed by atoms with Crippen LogP contribution in [0, 0.1) is 0 Å². The second-order valence-corrected chi connectivity index (χ2v) is 11.2.